The van der Waals surface area contributed by atoms with Gasteiger partial charge in [-0.15, -0.1) is 0 Å². The summed E-state index contributed by atoms with van der Waals surface area (Å²) in [5.41, 5.74) is -1.04. The van der Waals surface area contributed by atoms with Crippen molar-refractivity contribution >= 4 is 23.7 Å². The smallest absolute Gasteiger partial charge is 0.337 e. The van der Waals surface area contributed by atoms with Crippen molar-refractivity contribution in [2.24, 2.45) is 0 Å². The maximum absolute atomic E-state index is 12.6. The molecule has 134 valence electrons. The molecule has 0 spiro atoms. The van der Waals surface area contributed by atoms with Crippen molar-refractivity contribution in [3.05, 3.63) is 30.1 Å². The number of esters is 1. The van der Waals surface area contributed by atoms with Gasteiger partial charge in [0.1, 0.15) is 0 Å². The highest BCUT2D eigenvalue weighted by Crippen LogP contribution is 2.28. The average molecular weight is 347 g/mol. The summed E-state index contributed by atoms with van der Waals surface area (Å²) in [6.45, 7) is 1.55. The van der Waals surface area contributed by atoms with Crippen LogP contribution in [0.4, 0.5) is 0 Å². The van der Waals surface area contributed by atoms with Gasteiger partial charge in [-0.1, -0.05) is 6.07 Å². The molecule has 1 fully saturated rings. The van der Waals surface area contributed by atoms with Gasteiger partial charge >= 0.3 is 5.97 Å². The highest BCUT2D eigenvalue weighted by molar-refractivity contribution is 6.02. The Balaban J connectivity index is 2.17. The molecule has 2 rings (SSSR count). The molecule has 1 aromatic heterocycles. The van der Waals surface area contributed by atoms with E-state index >= 15 is 0 Å². The van der Waals surface area contributed by atoms with E-state index < -0.39 is 17.4 Å². The number of methoxy groups -OCH3 is 1. The van der Waals surface area contributed by atoms with Crippen molar-refractivity contribution in [2.45, 2.75) is 31.7 Å². The van der Waals surface area contributed by atoms with Crippen LogP contribution in [0.3, 0.4) is 0 Å². The monoisotopic (exact) mass is 347 g/mol. The Bertz CT molecular complexity index is 675. The van der Waals surface area contributed by atoms with Gasteiger partial charge in [0.2, 0.25) is 17.7 Å². The first kappa shape index (κ1) is 18.6. The molecular formula is C17H21N3O5. The second-order valence-corrected chi connectivity index (χ2v) is 5.92. The molecule has 0 saturated carbocycles. The molecule has 0 radical (unpaired) electrons. The van der Waals surface area contributed by atoms with E-state index in [0.717, 1.165) is 4.90 Å². The van der Waals surface area contributed by atoms with Gasteiger partial charge in [0.05, 0.1) is 12.8 Å². The summed E-state index contributed by atoms with van der Waals surface area (Å²) < 4.78 is 4.86. The second-order valence-electron chi connectivity index (χ2n) is 5.92. The van der Waals surface area contributed by atoms with Crippen molar-refractivity contribution in [1.29, 1.82) is 0 Å². The molecule has 2 heterocycles. The fourth-order valence-electron chi connectivity index (χ4n) is 2.76. The van der Waals surface area contributed by atoms with E-state index in [1.807, 2.05) is 0 Å². The quantitative estimate of drug-likeness (QED) is 0.548. The molecule has 1 aliphatic rings. The number of amides is 3. The number of likely N-dealkylation sites (N-methyl/N-ethyl adjacent to an activating group) is 1. The number of likely N-dealkylation sites (tertiary alicyclic amines) is 1. The Hall–Kier alpha value is -2.77. The predicted molar refractivity (Wildman–Crippen MR) is 86.9 cm³/mol. The highest BCUT2D eigenvalue weighted by Gasteiger charge is 2.44. The van der Waals surface area contributed by atoms with Crippen molar-refractivity contribution in [3.63, 3.8) is 0 Å². The lowest BCUT2D eigenvalue weighted by molar-refractivity contribution is -0.161. The van der Waals surface area contributed by atoms with Gasteiger partial charge in [0.25, 0.3) is 0 Å². The predicted octanol–water partition coefficient (Wildman–Crippen LogP) is 0.467. The summed E-state index contributed by atoms with van der Waals surface area (Å²) >= 11 is 0. The first-order chi connectivity index (χ1) is 11.8. The van der Waals surface area contributed by atoms with Crippen LogP contribution >= 0.6 is 0 Å². The van der Waals surface area contributed by atoms with Gasteiger partial charge in [-0.05, 0) is 19.1 Å². The molecule has 1 aromatic rings. The number of carbonyl (C=O) groups is 4. The number of ether oxygens (including phenoxy) is 1. The van der Waals surface area contributed by atoms with E-state index in [9.17, 15) is 19.2 Å². The minimum absolute atomic E-state index is 0.000308. The van der Waals surface area contributed by atoms with Crippen LogP contribution in [-0.2, 0) is 29.5 Å². The summed E-state index contributed by atoms with van der Waals surface area (Å²) in [7, 11) is 2.71. The summed E-state index contributed by atoms with van der Waals surface area (Å²) in [4.78, 5) is 54.7. The molecule has 0 aromatic carbocycles. The van der Waals surface area contributed by atoms with Crippen LogP contribution < -0.4 is 0 Å². The van der Waals surface area contributed by atoms with Gasteiger partial charge in [-0.25, -0.2) is 4.79 Å². The van der Waals surface area contributed by atoms with Gasteiger partial charge in [0, 0.05) is 39.1 Å². The largest absolute Gasteiger partial charge is 0.467 e. The number of hydrogen-bond acceptors (Lipinski definition) is 6. The van der Waals surface area contributed by atoms with Crippen LogP contribution in [0.5, 0.6) is 0 Å². The lowest BCUT2D eigenvalue weighted by Gasteiger charge is -2.36. The standard InChI is InChI=1S/C17H21N3O5/c1-17(16(24)25-3,12-6-4-5-10-18-12)19(2)13(21)9-11-20-14(22)7-8-15(20)23/h4-6,10H,7-9,11H2,1-3H3/t17-/m0/s1. The molecule has 3 amide bonds. The van der Waals surface area contributed by atoms with E-state index in [2.05, 4.69) is 4.98 Å². The molecule has 8 heteroatoms. The molecule has 1 atom stereocenters. The number of hydrogen-bond donors (Lipinski definition) is 0. The van der Waals surface area contributed by atoms with Crippen LogP contribution in [0.1, 0.15) is 31.9 Å². The van der Waals surface area contributed by atoms with Crippen molar-refractivity contribution in [3.8, 4) is 0 Å². The molecular weight excluding hydrogens is 326 g/mol. The maximum Gasteiger partial charge on any atom is 0.337 e. The minimum atomic E-state index is -1.41. The Morgan fingerprint density at radius 2 is 1.92 bits per heavy atom. The topological polar surface area (TPSA) is 96.9 Å². The molecule has 8 nitrogen and oxygen atoms in total. The van der Waals surface area contributed by atoms with E-state index in [4.69, 9.17) is 4.74 Å². The fraction of sp³-hybridized carbons (Fsp3) is 0.471. The van der Waals surface area contributed by atoms with Crippen LogP contribution in [0, 0.1) is 0 Å². The van der Waals surface area contributed by atoms with Gasteiger partial charge in [0.15, 0.2) is 5.54 Å². The molecule has 1 saturated heterocycles. The molecule has 0 bridgehead atoms. The molecule has 0 aliphatic carbocycles. The lowest BCUT2D eigenvalue weighted by atomic mass is 9.94. The first-order valence-electron chi connectivity index (χ1n) is 7.92. The molecule has 0 unspecified atom stereocenters. The Morgan fingerprint density at radius 1 is 1.28 bits per heavy atom. The lowest BCUT2D eigenvalue weighted by Crippen LogP contribution is -2.52. The normalized spacial score (nSPS) is 16.5. The second kappa shape index (κ2) is 7.42. The number of carbonyl (C=O) groups excluding carboxylic acids is 4. The number of pyridine rings is 1. The van der Waals surface area contributed by atoms with Gasteiger partial charge in [-0.3, -0.25) is 24.3 Å². The van der Waals surface area contributed by atoms with E-state index in [1.165, 1.54) is 25.3 Å². The zero-order valence-corrected chi connectivity index (χ0v) is 14.5. The van der Waals surface area contributed by atoms with E-state index in [1.54, 1.807) is 25.1 Å². The van der Waals surface area contributed by atoms with Crippen LogP contribution in [0.25, 0.3) is 0 Å². The third-order valence-corrected chi connectivity index (χ3v) is 4.50. The number of rotatable bonds is 6. The Morgan fingerprint density at radius 3 is 2.44 bits per heavy atom. The van der Waals surface area contributed by atoms with Gasteiger partial charge < -0.3 is 9.64 Å². The van der Waals surface area contributed by atoms with Crippen LogP contribution in [-0.4, -0.2) is 59.2 Å². The van der Waals surface area contributed by atoms with Crippen LogP contribution in [0.15, 0.2) is 24.4 Å². The average Bonchev–Trinajstić information content (AvgIpc) is 2.96. The highest BCUT2D eigenvalue weighted by atomic mass is 16.5. The summed E-state index contributed by atoms with van der Waals surface area (Å²) in [5, 5.41) is 0. The van der Waals surface area contributed by atoms with Gasteiger partial charge in [-0.2, -0.15) is 0 Å². The van der Waals surface area contributed by atoms with Crippen molar-refractivity contribution in [2.75, 3.05) is 20.7 Å². The number of imide groups is 1. The third kappa shape index (κ3) is 3.52. The summed E-state index contributed by atoms with van der Waals surface area (Å²) in [6.07, 6.45) is 1.80. The van der Waals surface area contributed by atoms with Crippen molar-refractivity contribution < 1.29 is 23.9 Å². The van der Waals surface area contributed by atoms with E-state index in [-0.39, 0.29) is 37.6 Å². The zero-order chi connectivity index (χ0) is 18.6. The van der Waals surface area contributed by atoms with Crippen LogP contribution in [0.2, 0.25) is 0 Å². The Kier molecular flexibility index (Phi) is 5.51. The maximum atomic E-state index is 12.6. The van der Waals surface area contributed by atoms with E-state index in [0.29, 0.717) is 5.69 Å². The first-order valence-corrected chi connectivity index (χ1v) is 7.92. The zero-order valence-electron chi connectivity index (χ0n) is 14.5. The molecule has 1 aliphatic heterocycles. The number of nitrogens with zero attached hydrogens (tertiary/aromatic N) is 3. The SMILES string of the molecule is COC(=O)[C@](C)(c1ccccn1)N(C)C(=O)CCN1C(=O)CCC1=O. The van der Waals surface area contributed by atoms with Crippen molar-refractivity contribution in [1.82, 2.24) is 14.8 Å². The summed E-state index contributed by atoms with van der Waals surface area (Å²) in [5.74, 6) is -1.58. The fourth-order valence-corrected chi connectivity index (χ4v) is 2.76. The number of aromatic nitrogens is 1. The minimum Gasteiger partial charge on any atom is -0.467 e. The molecule has 0 N–H and O–H groups in total. The summed E-state index contributed by atoms with van der Waals surface area (Å²) in [6, 6.07) is 5.05. The molecule has 25 heavy (non-hydrogen) atoms. The third-order valence-electron chi connectivity index (χ3n) is 4.50. The Labute approximate surface area is 145 Å².